The first-order chi connectivity index (χ1) is 6.63. The first-order valence-electron chi connectivity index (χ1n) is 5.02. The minimum atomic E-state index is 0.627. The Kier molecular flexibility index (Phi) is 4.97. The molecule has 0 amide bonds. The van der Waals surface area contributed by atoms with Gasteiger partial charge >= 0.3 is 0 Å². The van der Waals surface area contributed by atoms with Gasteiger partial charge in [-0.3, -0.25) is 0 Å². The predicted octanol–water partition coefficient (Wildman–Crippen LogP) is 4.75. The number of aryl methyl sites for hydroxylation is 2. The molecule has 78 valence electrons. The van der Waals surface area contributed by atoms with Crippen LogP contribution in [0.1, 0.15) is 30.9 Å². The zero-order valence-corrected chi connectivity index (χ0v) is 11.0. The van der Waals surface area contributed by atoms with Gasteiger partial charge in [-0.15, -0.1) is 0 Å². The Balaban J connectivity index is 2.55. The molecule has 0 N–H and O–H groups in total. The number of hydrogen-bond acceptors (Lipinski definition) is 0. The summed E-state index contributed by atoms with van der Waals surface area (Å²) in [5.41, 5.74) is 2.49. The minimum Gasteiger partial charge on any atom is -0.0891 e. The molecule has 0 bridgehead atoms. The van der Waals surface area contributed by atoms with E-state index in [1.807, 2.05) is 6.92 Å². The van der Waals surface area contributed by atoms with Gasteiger partial charge in [0.15, 0.2) is 0 Å². The second-order valence-corrected chi connectivity index (χ2v) is 5.33. The van der Waals surface area contributed by atoms with E-state index in [1.54, 1.807) is 0 Å². The summed E-state index contributed by atoms with van der Waals surface area (Å²) in [7, 11) is 0. The number of hydrogen-bond donors (Lipinski definition) is 0. The molecule has 0 saturated carbocycles. The van der Waals surface area contributed by atoms with Crippen LogP contribution in [-0.4, -0.2) is 4.83 Å². The zero-order valence-electron chi connectivity index (χ0n) is 8.69. The second-order valence-electron chi connectivity index (χ2n) is 3.63. The fourth-order valence-corrected chi connectivity index (χ4v) is 1.75. The molecule has 0 aliphatic carbocycles. The van der Waals surface area contributed by atoms with Crippen LogP contribution in [0.15, 0.2) is 18.2 Å². The lowest BCUT2D eigenvalue weighted by atomic mass is 10.1. The van der Waals surface area contributed by atoms with E-state index in [2.05, 4.69) is 41.1 Å². The van der Waals surface area contributed by atoms with Gasteiger partial charge in [-0.2, -0.15) is 0 Å². The summed E-state index contributed by atoms with van der Waals surface area (Å²) in [4.78, 5) is 0.627. The van der Waals surface area contributed by atoms with Crippen LogP contribution < -0.4 is 0 Å². The van der Waals surface area contributed by atoms with Gasteiger partial charge in [0, 0.05) is 9.85 Å². The second kappa shape index (κ2) is 5.77. The Morgan fingerprint density at radius 1 is 1.43 bits per heavy atom. The van der Waals surface area contributed by atoms with Crippen LogP contribution in [-0.2, 0) is 6.42 Å². The Morgan fingerprint density at radius 3 is 2.71 bits per heavy atom. The summed E-state index contributed by atoms with van der Waals surface area (Å²) in [5, 5.41) is 0.880. The lowest BCUT2D eigenvalue weighted by molar-refractivity contribution is 0.746. The van der Waals surface area contributed by atoms with E-state index in [0.717, 1.165) is 17.0 Å². The van der Waals surface area contributed by atoms with Gasteiger partial charge in [-0.25, -0.2) is 0 Å². The molecule has 0 nitrogen and oxygen atoms in total. The van der Waals surface area contributed by atoms with E-state index in [-0.39, 0.29) is 0 Å². The predicted molar refractivity (Wildman–Crippen MR) is 67.5 cm³/mol. The number of alkyl halides is 1. The summed E-state index contributed by atoms with van der Waals surface area (Å²) in [5.74, 6) is 0. The summed E-state index contributed by atoms with van der Waals surface area (Å²) in [6.45, 7) is 4.23. The molecule has 0 aromatic heterocycles. The van der Waals surface area contributed by atoms with Crippen molar-refractivity contribution in [2.45, 2.75) is 37.9 Å². The van der Waals surface area contributed by atoms with Crippen molar-refractivity contribution in [3.63, 3.8) is 0 Å². The highest BCUT2D eigenvalue weighted by Crippen LogP contribution is 2.19. The van der Waals surface area contributed by atoms with Crippen LogP contribution in [0.4, 0.5) is 0 Å². The molecule has 1 aromatic rings. The summed E-state index contributed by atoms with van der Waals surface area (Å²) < 4.78 is 0. The smallest absolute Gasteiger partial charge is 0.0437 e. The van der Waals surface area contributed by atoms with E-state index in [9.17, 15) is 0 Å². The fraction of sp³-hybridized carbons (Fsp3) is 0.500. The first-order valence-corrected chi connectivity index (χ1v) is 6.32. The summed E-state index contributed by atoms with van der Waals surface area (Å²) in [6.07, 6.45) is 3.46. The van der Waals surface area contributed by atoms with Crippen molar-refractivity contribution >= 4 is 27.5 Å². The number of halogens is 2. The first kappa shape index (κ1) is 12.1. The molecule has 0 radical (unpaired) electrons. The maximum atomic E-state index is 6.05. The molecule has 1 aromatic carbocycles. The zero-order chi connectivity index (χ0) is 10.6. The van der Waals surface area contributed by atoms with Crippen molar-refractivity contribution in [1.82, 2.24) is 0 Å². The molecule has 2 heteroatoms. The van der Waals surface area contributed by atoms with E-state index in [4.69, 9.17) is 11.6 Å². The van der Waals surface area contributed by atoms with E-state index in [0.29, 0.717) is 4.83 Å². The van der Waals surface area contributed by atoms with E-state index < -0.39 is 0 Å². The van der Waals surface area contributed by atoms with Crippen molar-refractivity contribution in [3.8, 4) is 0 Å². The average molecular weight is 276 g/mol. The molecule has 0 heterocycles. The highest BCUT2D eigenvalue weighted by Gasteiger charge is 2.02. The maximum absolute atomic E-state index is 6.05. The maximum Gasteiger partial charge on any atom is 0.0437 e. The number of rotatable bonds is 4. The number of benzene rings is 1. The van der Waals surface area contributed by atoms with Crippen molar-refractivity contribution in [2.24, 2.45) is 0 Å². The van der Waals surface area contributed by atoms with Crippen LogP contribution in [0.5, 0.6) is 0 Å². The third kappa shape index (κ3) is 3.62. The lowest BCUT2D eigenvalue weighted by Gasteiger charge is -2.07. The Hall–Kier alpha value is -0.0100. The van der Waals surface area contributed by atoms with Crippen molar-refractivity contribution in [3.05, 3.63) is 34.3 Å². The van der Waals surface area contributed by atoms with Gasteiger partial charge in [0.1, 0.15) is 0 Å². The molecule has 1 rings (SSSR count). The molecule has 14 heavy (non-hydrogen) atoms. The third-order valence-corrected chi connectivity index (χ3v) is 3.94. The highest BCUT2D eigenvalue weighted by atomic mass is 79.9. The monoisotopic (exact) mass is 274 g/mol. The fourth-order valence-electron chi connectivity index (χ4n) is 1.32. The topological polar surface area (TPSA) is 0 Å². The average Bonchev–Trinajstić information content (AvgIpc) is 2.19. The summed E-state index contributed by atoms with van der Waals surface area (Å²) >= 11 is 9.69. The molecule has 1 atom stereocenters. The van der Waals surface area contributed by atoms with Gasteiger partial charge < -0.3 is 0 Å². The van der Waals surface area contributed by atoms with Gasteiger partial charge in [-0.1, -0.05) is 46.6 Å². The molecule has 0 saturated heterocycles. The molecule has 0 spiro atoms. The van der Waals surface area contributed by atoms with E-state index >= 15 is 0 Å². The van der Waals surface area contributed by atoms with E-state index in [1.165, 1.54) is 18.4 Å². The third-order valence-electron chi connectivity index (χ3n) is 2.43. The van der Waals surface area contributed by atoms with Gasteiger partial charge in [0.25, 0.3) is 0 Å². The van der Waals surface area contributed by atoms with Gasteiger partial charge in [0.05, 0.1) is 0 Å². The SMILES string of the molecule is CCC(Br)CCc1ccc(C)c(Cl)c1. The van der Waals surface area contributed by atoms with Crippen molar-refractivity contribution in [1.29, 1.82) is 0 Å². The Morgan fingerprint density at radius 2 is 2.14 bits per heavy atom. The largest absolute Gasteiger partial charge is 0.0891 e. The van der Waals surface area contributed by atoms with Crippen molar-refractivity contribution in [2.75, 3.05) is 0 Å². The van der Waals surface area contributed by atoms with Crippen LogP contribution in [0.25, 0.3) is 0 Å². The van der Waals surface area contributed by atoms with Gasteiger partial charge in [0.2, 0.25) is 0 Å². The molecule has 0 aliphatic rings. The van der Waals surface area contributed by atoms with Crippen molar-refractivity contribution < 1.29 is 0 Å². The molecular weight excluding hydrogens is 259 g/mol. The van der Waals surface area contributed by atoms with Crippen LogP contribution >= 0.6 is 27.5 Å². The van der Waals surface area contributed by atoms with Crippen LogP contribution in [0, 0.1) is 6.92 Å². The highest BCUT2D eigenvalue weighted by molar-refractivity contribution is 9.09. The van der Waals surface area contributed by atoms with Gasteiger partial charge in [-0.05, 0) is 43.4 Å². The summed E-state index contributed by atoms with van der Waals surface area (Å²) in [6, 6.07) is 6.33. The minimum absolute atomic E-state index is 0.627. The molecule has 0 fully saturated rings. The lowest BCUT2D eigenvalue weighted by Crippen LogP contribution is -1.98. The Labute approximate surface area is 99.8 Å². The standard InChI is InChI=1S/C12H16BrCl/c1-3-11(13)7-6-10-5-4-9(2)12(14)8-10/h4-5,8,11H,3,6-7H2,1-2H3. The molecular formula is C12H16BrCl. The molecule has 0 aliphatic heterocycles. The molecule has 1 unspecified atom stereocenters. The Bertz CT molecular complexity index is 296. The van der Waals surface area contributed by atoms with Crippen LogP contribution in [0.3, 0.4) is 0 Å². The van der Waals surface area contributed by atoms with Crippen LogP contribution in [0.2, 0.25) is 5.02 Å². The quantitative estimate of drug-likeness (QED) is 0.695. The normalized spacial score (nSPS) is 12.9.